The molecule has 0 aliphatic carbocycles. The molecule has 2 N–H and O–H groups in total. The zero-order chi connectivity index (χ0) is 20.7. The van der Waals surface area contributed by atoms with E-state index < -0.39 is 18.5 Å². The first kappa shape index (κ1) is 20.8. The predicted molar refractivity (Wildman–Crippen MR) is 103 cm³/mol. The molecule has 0 radical (unpaired) electrons. The number of para-hydroxylation sites is 1. The Labute approximate surface area is 162 Å². The highest BCUT2D eigenvalue weighted by Crippen LogP contribution is 2.29. The summed E-state index contributed by atoms with van der Waals surface area (Å²) in [5.41, 5.74) is 1.03. The smallest absolute Gasteiger partial charge is 0.341 e. The Kier molecular flexibility index (Phi) is 6.97. The van der Waals surface area contributed by atoms with Gasteiger partial charge in [-0.05, 0) is 37.3 Å². The molecule has 0 aliphatic rings. The molecule has 0 unspecified atom stereocenters. The zero-order valence-corrected chi connectivity index (χ0v) is 15.9. The largest absolute Gasteiger partial charge is 0.490 e. The summed E-state index contributed by atoms with van der Waals surface area (Å²) in [6.07, 6.45) is 0. The Morgan fingerprint density at radius 2 is 1.75 bits per heavy atom. The number of nitrogens with zero attached hydrogens (tertiary/aromatic N) is 1. The van der Waals surface area contributed by atoms with Crippen molar-refractivity contribution in [3.63, 3.8) is 0 Å². The second-order valence-electron chi connectivity index (χ2n) is 5.98. The van der Waals surface area contributed by atoms with Gasteiger partial charge in [-0.25, -0.2) is 4.79 Å². The van der Waals surface area contributed by atoms with E-state index in [2.05, 4.69) is 5.32 Å². The quantitative estimate of drug-likeness (QED) is 0.722. The summed E-state index contributed by atoms with van der Waals surface area (Å²) in [6, 6.07) is 11.1. The van der Waals surface area contributed by atoms with Crippen LogP contribution in [0.15, 0.2) is 42.5 Å². The van der Waals surface area contributed by atoms with E-state index in [4.69, 9.17) is 14.6 Å². The Morgan fingerprint density at radius 1 is 1.04 bits per heavy atom. The van der Waals surface area contributed by atoms with Crippen LogP contribution in [0.25, 0.3) is 0 Å². The van der Waals surface area contributed by atoms with Crippen molar-refractivity contribution in [2.45, 2.75) is 6.92 Å². The molecule has 0 aromatic heterocycles. The minimum Gasteiger partial charge on any atom is -0.490 e. The van der Waals surface area contributed by atoms with E-state index in [0.717, 1.165) is 0 Å². The van der Waals surface area contributed by atoms with Gasteiger partial charge in [0.25, 0.3) is 11.8 Å². The van der Waals surface area contributed by atoms with Gasteiger partial charge in [0, 0.05) is 19.7 Å². The highest BCUT2D eigenvalue weighted by molar-refractivity contribution is 6.09. The van der Waals surface area contributed by atoms with Gasteiger partial charge in [0.1, 0.15) is 0 Å². The molecular formula is C20H22N2O6. The van der Waals surface area contributed by atoms with Crippen molar-refractivity contribution < 1.29 is 29.0 Å². The normalized spacial score (nSPS) is 10.1. The maximum absolute atomic E-state index is 12.7. The van der Waals surface area contributed by atoms with E-state index in [9.17, 15) is 14.4 Å². The zero-order valence-electron chi connectivity index (χ0n) is 15.9. The number of benzene rings is 2. The molecule has 2 amide bonds. The van der Waals surface area contributed by atoms with E-state index in [1.165, 1.54) is 23.1 Å². The number of hydrogen-bond acceptors (Lipinski definition) is 5. The molecule has 0 aliphatic heterocycles. The van der Waals surface area contributed by atoms with Crippen LogP contribution in [-0.2, 0) is 4.79 Å². The second-order valence-corrected chi connectivity index (χ2v) is 5.98. The molecule has 0 saturated carbocycles. The molecule has 0 atom stereocenters. The van der Waals surface area contributed by atoms with Crippen molar-refractivity contribution >= 4 is 23.5 Å². The lowest BCUT2D eigenvalue weighted by Crippen LogP contribution is -2.24. The first-order chi connectivity index (χ1) is 13.3. The fourth-order valence-electron chi connectivity index (χ4n) is 2.39. The SMILES string of the molecule is CCOc1cc(C(=O)Nc2ccccc2C(=O)N(C)C)ccc1OCC(=O)O. The number of nitrogens with one attached hydrogen (secondary N) is 1. The maximum Gasteiger partial charge on any atom is 0.341 e. The van der Waals surface area contributed by atoms with Crippen LogP contribution >= 0.6 is 0 Å². The van der Waals surface area contributed by atoms with Gasteiger partial charge in [-0.15, -0.1) is 0 Å². The average molecular weight is 386 g/mol. The average Bonchev–Trinajstić information content (AvgIpc) is 2.66. The third-order valence-corrected chi connectivity index (χ3v) is 3.67. The molecule has 148 valence electrons. The van der Waals surface area contributed by atoms with Crippen LogP contribution < -0.4 is 14.8 Å². The lowest BCUT2D eigenvalue weighted by atomic mass is 10.1. The highest BCUT2D eigenvalue weighted by atomic mass is 16.5. The number of carbonyl (C=O) groups excluding carboxylic acids is 2. The van der Waals surface area contributed by atoms with Crippen molar-refractivity contribution in [1.82, 2.24) is 4.90 Å². The lowest BCUT2D eigenvalue weighted by Gasteiger charge is -2.15. The fraction of sp³-hybridized carbons (Fsp3) is 0.250. The van der Waals surface area contributed by atoms with Crippen molar-refractivity contribution in [1.29, 1.82) is 0 Å². The molecule has 0 fully saturated rings. The van der Waals surface area contributed by atoms with Crippen molar-refractivity contribution in [2.75, 3.05) is 32.6 Å². The minimum atomic E-state index is -1.12. The molecular weight excluding hydrogens is 364 g/mol. The summed E-state index contributed by atoms with van der Waals surface area (Å²) in [5, 5.41) is 11.5. The van der Waals surface area contributed by atoms with Crippen molar-refractivity contribution in [3.8, 4) is 11.5 Å². The lowest BCUT2D eigenvalue weighted by molar-refractivity contribution is -0.139. The number of aliphatic carboxylic acids is 1. The monoisotopic (exact) mass is 386 g/mol. The number of carbonyl (C=O) groups is 3. The van der Waals surface area contributed by atoms with Crippen LogP contribution in [0, 0.1) is 0 Å². The van der Waals surface area contributed by atoms with Gasteiger partial charge in [0.2, 0.25) is 0 Å². The van der Waals surface area contributed by atoms with Crippen molar-refractivity contribution in [2.24, 2.45) is 0 Å². The Balaban J connectivity index is 2.26. The number of amides is 2. The molecule has 0 heterocycles. The summed E-state index contributed by atoms with van der Waals surface area (Å²) in [4.78, 5) is 37.1. The molecule has 2 aromatic carbocycles. The molecule has 0 spiro atoms. The molecule has 8 nitrogen and oxygen atoms in total. The third-order valence-electron chi connectivity index (χ3n) is 3.67. The Bertz CT molecular complexity index is 879. The summed E-state index contributed by atoms with van der Waals surface area (Å²) in [5.74, 6) is -1.31. The number of anilines is 1. The molecule has 2 aromatic rings. The molecule has 0 saturated heterocycles. The van der Waals surface area contributed by atoms with Gasteiger partial charge in [-0.1, -0.05) is 12.1 Å². The maximum atomic E-state index is 12.7. The van der Waals surface area contributed by atoms with Crippen LogP contribution in [0.3, 0.4) is 0 Å². The number of carboxylic acid groups (broad SMARTS) is 1. The van der Waals surface area contributed by atoms with Gasteiger partial charge in [-0.3, -0.25) is 9.59 Å². The van der Waals surface area contributed by atoms with Gasteiger partial charge in [0.05, 0.1) is 17.9 Å². The number of carboxylic acids is 1. The van der Waals surface area contributed by atoms with Crippen LogP contribution in [0.4, 0.5) is 5.69 Å². The van der Waals surface area contributed by atoms with Crippen molar-refractivity contribution in [3.05, 3.63) is 53.6 Å². The van der Waals surface area contributed by atoms with E-state index >= 15 is 0 Å². The van der Waals surface area contributed by atoms with E-state index in [-0.39, 0.29) is 23.0 Å². The van der Waals surface area contributed by atoms with Gasteiger partial charge in [0.15, 0.2) is 18.1 Å². The topological polar surface area (TPSA) is 105 Å². The van der Waals surface area contributed by atoms with Crippen LogP contribution in [0.2, 0.25) is 0 Å². The van der Waals surface area contributed by atoms with Gasteiger partial charge < -0.3 is 24.8 Å². The van der Waals surface area contributed by atoms with E-state index in [0.29, 0.717) is 17.9 Å². The first-order valence-electron chi connectivity index (χ1n) is 8.57. The summed E-state index contributed by atoms with van der Waals surface area (Å²) in [7, 11) is 3.26. The Morgan fingerprint density at radius 3 is 2.39 bits per heavy atom. The first-order valence-corrected chi connectivity index (χ1v) is 8.57. The second kappa shape index (κ2) is 9.40. The molecule has 2 rings (SSSR count). The number of ether oxygens (including phenoxy) is 2. The summed E-state index contributed by atoms with van der Waals surface area (Å²) < 4.78 is 10.6. The minimum absolute atomic E-state index is 0.226. The third kappa shape index (κ3) is 5.23. The summed E-state index contributed by atoms with van der Waals surface area (Å²) >= 11 is 0. The standard InChI is InChI=1S/C20H22N2O6/c1-4-27-17-11-13(9-10-16(17)28-12-18(23)24)19(25)21-15-8-6-5-7-14(15)20(26)22(2)3/h5-11H,4,12H2,1-3H3,(H,21,25)(H,23,24). The van der Waals surface area contributed by atoms with Crippen LogP contribution in [-0.4, -0.2) is 55.1 Å². The molecule has 0 bridgehead atoms. The highest BCUT2D eigenvalue weighted by Gasteiger charge is 2.17. The van der Waals surface area contributed by atoms with Gasteiger partial charge in [-0.2, -0.15) is 0 Å². The van der Waals surface area contributed by atoms with Gasteiger partial charge >= 0.3 is 5.97 Å². The van der Waals surface area contributed by atoms with Crippen LogP contribution in [0.1, 0.15) is 27.6 Å². The summed E-state index contributed by atoms with van der Waals surface area (Å²) in [6.45, 7) is 1.55. The van der Waals surface area contributed by atoms with E-state index in [1.807, 2.05) is 0 Å². The fourth-order valence-corrected chi connectivity index (χ4v) is 2.39. The molecule has 8 heteroatoms. The number of hydrogen-bond donors (Lipinski definition) is 2. The Hall–Kier alpha value is -3.55. The van der Waals surface area contributed by atoms with Crippen LogP contribution in [0.5, 0.6) is 11.5 Å². The molecule has 28 heavy (non-hydrogen) atoms. The van der Waals surface area contributed by atoms with E-state index in [1.54, 1.807) is 45.3 Å². The number of rotatable bonds is 8. The predicted octanol–water partition coefficient (Wildman–Crippen LogP) is 2.50.